The first kappa shape index (κ1) is 16.3. The first-order chi connectivity index (χ1) is 1.73. The molecule has 0 bridgehead atoms. The maximum Gasteiger partial charge on any atom is 0.761 e. The second-order valence-corrected chi connectivity index (χ2v) is 0.848. The van der Waals surface area contributed by atoms with Crippen molar-refractivity contribution in [1.29, 1.82) is 0 Å². The van der Waals surface area contributed by atoms with Gasteiger partial charge in [0.15, 0.2) is 0 Å². The van der Waals surface area contributed by atoms with E-state index in [4.69, 9.17) is 14.1 Å². The molecular weight excluding hydrogens is 162 g/mol. The van der Waals surface area contributed by atoms with Gasteiger partial charge in [0.1, 0.15) is 0 Å². The molecular formula is H2AsBO3Si. The van der Waals surface area contributed by atoms with Gasteiger partial charge in [-0.3, -0.25) is 4.46 Å². The van der Waals surface area contributed by atoms with Crippen molar-refractivity contribution in [3.63, 3.8) is 0 Å². The fraction of sp³-hybridized carbons (Fsp3) is 0. The van der Waals surface area contributed by atoms with Crippen LogP contribution < -0.4 is 0 Å². The van der Waals surface area contributed by atoms with Crippen molar-refractivity contribution in [2.24, 2.45) is 0 Å². The topological polar surface area (TPSA) is 57.5 Å². The maximum absolute atomic E-state index is 8.74. The Morgan fingerprint density at radius 1 is 1.33 bits per heavy atom. The Hall–Kier alpha value is 0.240. The number of hydrogen-bond acceptors (Lipinski definition) is 1. The summed E-state index contributed by atoms with van der Waals surface area (Å²) in [6.07, 6.45) is 0. The van der Waals surface area contributed by atoms with Crippen molar-refractivity contribution in [2.75, 3.05) is 0 Å². The molecule has 0 saturated heterocycles. The average molecular weight is 164 g/mol. The molecule has 3 nitrogen and oxygen atoms in total. The third kappa shape index (κ3) is 771. The number of rotatable bonds is 0. The van der Waals surface area contributed by atoms with Crippen LogP contribution in [0.25, 0.3) is 0 Å². The molecule has 2 N–H and O–H groups in total. The quantitative estimate of drug-likeness (QED) is 0.393. The first-order valence-electron chi connectivity index (χ1n) is 0.651. The van der Waals surface area contributed by atoms with Gasteiger partial charge in [0.25, 0.3) is 0 Å². The molecule has 0 amide bonds. The van der Waals surface area contributed by atoms with Gasteiger partial charge in [0.2, 0.25) is 0 Å². The molecule has 0 aliphatic carbocycles. The molecule has 0 fully saturated rings. The number of hydrogen-bond donors (Lipinski definition) is 2. The van der Waals surface area contributed by atoms with Crippen LogP contribution in [0.2, 0.25) is 0 Å². The summed E-state index contributed by atoms with van der Waals surface area (Å²) in [7, 11) is -3.13. The van der Waals surface area contributed by atoms with Gasteiger partial charge in [0, 0.05) is 26.4 Å². The zero-order valence-electron chi connectivity index (χ0n) is 2.83. The summed E-state index contributed by atoms with van der Waals surface area (Å²) in [5.41, 5.74) is 0. The van der Waals surface area contributed by atoms with Crippen molar-refractivity contribution in [3.8, 4) is 0 Å². The first-order valence-corrected chi connectivity index (χ1v) is 1.95. The molecule has 0 rings (SSSR count). The minimum Gasteiger partial charge on any atom is -0.511 e. The maximum atomic E-state index is 8.74. The molecule has 0 atom stereocenters. The zero-order chi connectivity index (χ0) is 3.58. The minimum atomic E-state index is -3.13. The summed E-state index contributed by atoms with van der Waals surface area (Å²) in [5, 5.41) is 0. The zero-order valence-corrected chi connectivity index (χ0v) is 5.70. The summed E-state index contributed by atoms with van der Waals surface area (Å²) in [6, 6.07) is 0. The normalized spacial score (nSPS) is 4.00. The molecule has 0 aliphatic rings. The average Bonchev–Trinajstić information content (AvgIpc) is 0.811. The van der Waals surface area contributed by atoms with Crippen LogP contribution in [0.15, 0.2) is 0 Å². The summed E-state index contributed by atoms with van der Waals surface area (Å²) in [4.78, 5) is 14.3. The molecule has 0 spiro atoms. The van der Waals surface area contributed by atoms with Crippen molar-refractivity contribution < 1.29 is 14.1 Å². The minimum absolute atomic E-state index is 0. The second kappa shape index (κ2) is 8.97. The van der Waals surface area contributed by atoms with E-state index in [1.54, 1.807) is 0 Å². The van der Waals surface area contributed by atoms with E-state index in [1.807, 2.05) is 0 Å². The Labute approximate surface area is 50.2 Å². The van der Waals surface area contributed by atoms with Crippen LogP contribution >= 0.6 is 0 Å². The van der Waals surface area contributed by atoms with Crippen LogP contribution in [0.5, 0.6) is 0 Å². The summed E-state index contributed by atoms with van der Waals surface area (Å²) < 4.78 is 8.74. The van der Waals surface area contributed by atoms with Crippen LogP contribution in [0.1, 0.15) is 0 Å². The van der Waals surface area contributed by atoms with E-state index >= 15 is 0 Å². The molecule has 0 aromatic heterocycles. The van der Waals surface area contributed by atoms with Gasteiger partial charge in [-0.1, -0.05) is 0 Å². The Balaban J connectivity index is -0.0000000450. The van der Waals surface area contributed by atoms with Crippen molar-refractivity contribution in [3.05, 3.63) is 0 Å². The molecule has 6 heteroatoms. The van der Waals surface area contributed by atoms with E-state index in [0.29, 0.717) is 0 Å². The molecule has 0 aromatic rings. The van der Waals surface area contributed by atoms with E-state index in [2.05, 4.69) is 0 Å². The Morgan fingerprint density at radius 2 is 1.33 bits per heavy atom. The third-order valence-electron chi connectivity index (χ3n) is 0. The van der Waals surface area contributed by atoms with Crippen LogP contribution in [0.4, 0.5) is 0 Å². The van der Waals surface area contributed by atoms with Gasteiger partial charge in [-0.05, 0) is 0 Å². The van der Waals surface area contributed by atoms with E-state index in [0.717, 1.165) is 0 Å². The predicted octanol–water partition coefficient (Wildman–Crippen LogP) is -2.38. The van der Waals surface area contributed by atoms with Gasteiger partial charge in [-0.25, -0.2) is 0 Å². The van der Waals surface area contributed by atoms with Gasteiger partial charge in [0.05, 0.1) is 0 Å². The van der Waals surface area contributed by atoms with Crippen molar-refractivity contribution >= 4 is 35.5 Å². The van der Waals surface area contributed by atoms with E-state index in [-0.39, 0.29) is 26.4 Å². The monoisotopic (exact) mass is 164 g/mol. The molecule has 6 radical (unpaired) electrons. The largest absolute Gasteiger partial charge is 0.761 e. The third-order valence-corrected chi connectivity index (χ3v) is 0. The van der Waals surface area contributed by atoms with E-state index in [1.165, 1.54) is 0 Å². The summed E-state index contributed by atoms with van der Waals surface area (Å²) >= 11 is 0. The Morgan fingerprint density at radius 3 is 1.33 bits per heavy atom. The van der Waals surface area contributed by atoms with Gasteiger partial charge >= 0.3 is 9.17 Å². The summed E-state index contributed by atoms with van der Waals surface area (Å²) in [5.74, 6) is 0. The molecule has 32 valence electrons. The van der Waals surface area contributed by atoms with Crippen LogP contribution in [-0.2, 0) is 4.46 Å². The summed E-state index contributed by atoms with van der Waals surface area (Å²) in [6.45, 7) is 0. The molecule has 0 heterocycles. The second-order valence-electron chi connectivity index (χ2n) is 0.283. The van der Waals surface area contributed by atoms with Crippen LogP contribution in [0, 0.1) is 0 Å². The standard InChI is InChI=1S/As.B.H2O3Si/c;;1-4(2)3/h;;1-2H. The van der Waals surface area contributed by atoms with Crippen LogP contribution in [0.3, 0.4) is 0 Å². The fourth-order valence-corrected chi connectivity index (χ4v) is 0. The Kier molecular flexibility index (Phi) is 24.4. The van der Waals surface area contributed by atoms with Gasteiger partial charge in [-0.15, -0.1) is 0 Å². The van der Waals surface area contributed by atoms with E-state index in [9.17, 15) is 0 Å². The molecule has 0 aromatic carbocycles. The fourth-order valence-electron chi connectivity index (χ4n) is 0. The smallest absolute Gasteiger partial charge is 0.511 e. The molecule has 6 heavy (non-hydrogen) atoms. The SMILES string of the molecule is O=[Si](O)O.[As].[B]. The predicted molar refractivity (Wildman–Crippen MR) is 22.4 cm³/mol. The van der Waals surface area contributed by atoms with Gasteiger partial charge in [-0.2, -0.15) is 0 Å². The van der Waals surface area contributed by atoms with Crippen molar-refractivity contribution in [2.45, 2.75) is 0 Å². The Bertz CT molecular complexity index is 33.8. The van der Waals surface area contributed by atoms with Crippen LogP contribution in [-0.4, -0.2) is 45.1 Å². The van der Waals surface area contributed by atoms with E-state index < -0.39 is 9.17 Å². The van der Waals surface area contributed by atoms with Gasteiger partial charge < -0.3 is 9.59 Å². The molecule has 0 unspecified atom stereocenters. The van der Waals surface area contributed by atoms with Crippen molar-refractivity contribution in [1.82, 2.24) is 0 Å². The molecule has 0 aliphatic heterocycles. The molecule has 0 saturated carbocycles.